The van der Waals surface area contributed by atoms with Gasteiger partial charge in [0.05, 0.1) is 11.7 Å². The molecule has 2 aromatic heterocycles. The lowest BCUT2D eigenvalue weighted by molar-refractivity contribution is 0.324. The summed E-state index contributed by atoms with van der Waals surface area (Å²) in [5, 5.41) is 2.28. The van der Waals surface area contributed by atoms with Crippen LogP contribution in [0.15, 0.2) is 52.9 Å². The lowest BCUT2D eigenvalue weighted by Gasteiger charge is -2.52. The number of nitrogens with zero attached hydrogens (tertiary/aromatic N) is 2. The van der Waals surface area contributed by atoms with Crippen molar-refractivity contribution < 1.29 is 4.42 Å². The lowest BCUT2D eigenvalue weighted by Crippen LogP contribution is -2.49. The molecule has 3 atom stereocenters. The van der Waals surface area contributed by atoms with Crippen molar-refractivity contribution in [2.45, 2.75) is 51.6 Å². The molecular formula is C25H24N2O. The van der Waals surface area contributed by atoms with E-state index in [1.807, 2.05) is 6.92 Å². The van der Waals surface area contributed by atoms with E-state index in [1.54, 1.807) is 5.56 Å². The third-order valence-corrected chi connectivity index (χ3v) is 6.94. The molecule has 2 aliphatic heterocycles. The minimum atomic E-state index is 0.420. The molecule has 1 saturated heterocycles. The second-order valence-electron chi connectivity index (χ2n) is 8.49. The fraction of sp³-hybridized carbons (Fsp3) is 0.320. The number of pyridine rings is 1. The van der Waals surface area contributed by atoms with Crippen LogP contribution >= 0.6 is 0 Å². The number of aromatic nitrogens is 1. The summed E-state index contributed by atoms with van der Waals surface area (Å²) in [5.41, 5.74) is 8.31. The van der Waals surface area contributed by atoms with Crippen molar-refractivity contribution in [3.63, 3.8) is 0 Å². The largest absolute Gasteiger partial charge is 0.436 e. The summed E-state index contributed by atoms with van der Waals surface area (Å²) >= 11 is 0. The Hall–Kier alpha value is -2.81. The van der Waals surface area contributed by atoms with Crippen LogP contribution in [0.25, 0.3) is 22.1 Å². The molecule has 1 aliphatic carbocycles. The Morgan fingerprint density at radius 1 is 0.929 bits per heavy atom. The van der Waals surface area contributed by atoms with Crippen LogP contribution < -0.4 is 4.90 Å². The van der Waals surface area contributed by atoms with E-state index in [9.17, 15) is 0 Å². The quantitative estimate of drug-likeness (QED) is 0.388. The average Bonchev–Trinajstić information content (AvgIpc) is 3.06. The fourth-order valence-corrected chi connectivity index (χ4v) is 5.65. The van der Waals surface area contributed by atoms with E-state index in [1.165, 1.54) is 35.0 Å². The van der Waals surface area contributed by atoms with Gasteiger partial charge in [-0.1, -0.05) is 36.4 Å². The van der Waals surface area contributed by atoms with Crippen LogP contribution in [0.1, 0.15) is 54.1 Å². The Labute approximate surface area is 165 Å². The topological polar surface area (TPSA) is 29.3 Å². The van der Waals surface area contributed by atoms with Crippen molar-refractivity contribution >= 4 is 27.8 Å². The molecule has 4 heterocycles. The molecule has 2 aromatic carbocycles. The molecule has 0 saturated carbocycles. The molecule has 140 valence electrons. The Kier molecular flexibility index (Phi) is 3.24. The summed E-state index contributed by atoms with van der Waals surface area (Å²) in [7, 11) is 0. The summed E-state index contributed by atoms with van der Waals surface area (Å²) in [6.45, 7) is 6.61. The molecule has 3 nitrogen and oxygen atoms in total. The average molecular weight is 368 g/mol. The first kappa shape index (κ1) is 16.2. The van der Waals surface area contributed by atoms with E-state index in [0.717, 1.165) is 22.4 Å². The highest BCUT2D eigenvalue weighted by molar-refractivity contribution is 6.08. The molecule has 4 aromatic rings. The van der Waals surface area contributed by atoms with Crippen molar-refractivity contribution in [2.75, 3.05) is 4.90 Å². The van der Waals surface area contributed by atoms with Gasteiger partial charge in [-0.2, -0.15) is 0 Å². The molecule has 0 amide bonds. The third kappa shape index (κ3) is 2.02. The molecule has 3 heteroatoms. The van der Waals surface area contributed by atoms with E-state index < -0.39 is 0 Å². The van der Waals surface area contributed by atoms with E-state index >= 15 is 0 Å². The minimum absolute atomic E-state index is 0.420. The van der Waals surface area contributed by atoms with Crippen molar-refractivity contribution in [2.24, 2.45) is 0 Å². The molecule has 0 radical (unpaired) electrons. The van der Waals surface area contributed by atoms with Gasteiger partial charge >= 0.3 is 0 Å². The molecule has 0 N–H and O–H groups in total. The second kappa shape index (κ2) is 5.60. The number of rotatable bonds is 1. The van der Waals surface area contributed by atoms with Gasteiger partial charge in [0.1, 0.15) is 0 Å². The highest BCUT2D eigenvalue weighted by Gasteiger charge is 2.44. The fourth-order valence-electron chi connectivity index (χ4n) is 5.65. The predicted molar refractivity (Wildman–Crippen MR) is 114 cm³/mol. The van der Waals surface area contributed by atoms with Crippen molar-refractivity contribution in [3.05, 3.63) is 70.9 Å². The predicted octanol–water partition coefficient (Wildman–Crippen LogP) is 6.43. The first-order chi connectivity index (χ1) is 13.6. The van der Waals surface area contributed by atoms with Crippen LogP contribution in [0.2, 0.25) is 0 Å². The van der Waals surface area contributed by atoms with E-state index in [4.69, 9.17) is 4.42 Å². The van der Waals surface area contributed by atoms with E-state index in [0.29, 0.717) is 18.0 Å². The lowest BCUT2D eigenvalue weighted by atomic mass is 9.70. The maximum Gasteiger partial charge on any atom is 0.227 e. The second-order valence-corrected chi connectivity index (χ2v) is 8.49. The third-order valence-electron chi connectivity index (χ3n) is 6.94. The standard InChI is InChI=1S/C25H24N2O/c1-14-8-10-20-21-11-9-15(2)26-25(21)28-24(20)23(14)27-16(3)17-12-13-22(27)19-7-5-4-6-18(17)19/h4-11,16-17,22H,12-13H2,1-3H3. The molecule has 28 heavy (non-hydrogen) atoms. The number of benzene rings is 2. The van der Waals surface area contributed by atoms with Crippen LogP contribution in [0.4, 0.5) is 5.69 Å². The van der Waals surface area contributed by atoms with Crippen LogP contribution in [0, 0.1) is 13.8 Å². The summed E-state index contributed by atoms with van der Waals surface area (Å²) in [4.78, 5) is 7.29. The number of hydrogen-bond donors (Lipinski definition) is 0. The Bertz CT molecular complexity index is 1240. The van der Waals surface area contributed by atoms with Gasteiger partial charge in [0.25, 0.3) is 0 Å². The number of fused-ring (bicyclic) bond motifs is 5. The van der Waals surface area contributed by atoms with Crippen molar-refractivity contribution in [1.29, 1.82) is 0 Å². The maximum atomic E-state index is 6.39. The van der Waals surface area contributed by atoms with Gasteiger partial charge < -0.3 is 9.32 Å². The Morgan fingerprint density at radius 2 is 1.71 bits per heavy atom. The molecular weight excluding hydrogens is 344 g/mol. The maximum absolute atomic E-state index is 6.39. The molecule has 0 spiro atoms. The molecule has 2 bridgehead atoms. The summed E-state index contributed by atoms with van der Waals surface area (Å²) in [6, 6.07) is 18.6. The van der Waals surface area contributed by atoms with Gasteiger partial charge in [0.2, 0.25) is 5.71 Å². The SMILES string of the molecule is Cc1ccc2c(n1)oc1c(N3C4CCC(c5ccccc54)C3C)c(C)ccc12. The van der Waals surface area contributed by atoms with Crippen molar-refractivity contribution in [1.82, 2.24) is 4.98 Å². The molecule has 3 aliphatic rings. The zero-order valence-electron chi connectivity index (χ0n) is 16.6. The van der Waals surface area contributed by atoms with Crippen LogP contribution in [-0.4, -0.2) is 11.0 Å². The number of furan rings is 1. The van der Waals surface area contributed by atoms with Crippen LogP contribution in [-0.2, 0) is 0 Å². The highest BCUT2D eigenvalue weighted by Crippen LogP contribution is 2.53. The van der Waals surface area contributed by atoms with E-state index in [2.05, 4.69) is 72.3 Å². The van der Waals surface area contributed by atoms with Crippen molar-refractivity contribution in [3.8, 4) is 0 Å². The number of hydrogen-bond acceptors (Lipinski definition) is 3. The minimum Gasteiger partial charge on any atom is -0.436 e. The Morgan fingerprint density at radius 3 is 2.57 bits per heavy atom. The first-order valence-corrected chi connectivity index (χ1v) is 10.3. The van der Waals surface area contributed by atoms with Crippen LogP contribution in [0.3, 0.4) is 0 Å². The zero-order valence-corrected chi connectivity index (χ0v) is 16.6. The number of aryl methyl sites for hydroxylation is 2. The first-order valence-electron chi connectivity index (χ1n) is 10.3. The van der Waals surface area contributed by atoms with Crippen LogP contribution in [0.5, 0.6) is 0 Å². The summed E-state index contributed by atoms with van der Waals surface area (Å²) in [6.07, 6.45) is 2.48. The van der Waals surface area contributed by atoms with Gasteiger partial charge in [0.15, 0.2) is 5.58 Å². The summed E-state index contributed by atoms with van der Waals surface area (Å²) < 4.78 is 6.39. The van der Waals surface area contributed by atoms with Gasteiger partial charge in [-0.15, -0.1) is 0 Å². The smallest absolute Gasteiger partial charge is 0.227 e. The number of piperidine rings is 1. The van der Waals surface area contributed by atoms with E-state index in [-0.39, 0.29) is 0 Å². The monoisotopic (exact) mass is 368 g/mol. The van der Waals surface area contributed by atoms with Gasteiger partial charge in [-0.05, 0) is 62.4 Å². The summed E-state index contributed by atoms with van der Waals surface area (Å²) in [5.74, 6) is 0.584. The van der Waals surface area contributed by atoms with Gasteiger partial charge in [-0.25, -0.2) is 4.98 Å². The molecule has 1 fully saturated rings. The molecule has 3 unspecified atom stereocenters. The van der Waals surface area contributed by atoms with Gasteiger partial charge in [0, 0.05) is 28.4 Å². The highest BCUT2D eigenvalue weighted by atomic mass is 16.3. The Balaban J connectivity index is 1.63. The number of anilines is 1. The van der Waals surface area contributed by atoms with Gasteiger partial charge in [-0.3, -0.25) is 0 Å². The zero-order chi connectivity index (χ0) is 19.0. The normalized spacial score (nSPS) is 23.5. The molecule has 7 rings (SSSR count).